The third kappa shape index (κ3) is 1.61. The largest absolute Gasteiger partial charge is 0.481 e. The molecule has 144 valence electrons. The summed E-state index contributed by atoms with van der Waals surface area (Å²) in [5.74, 6) is 1.18. The molecular formula is C22H32O4. The van der Waals surface area contributed by atoms with E-state index < -0.39 is 11.4 Å². The normalized spacial score (nSPS) is 59.2. The van der Waals surface area contributed by atoms with Crippen molar-refractivity contribution in [2.75, 3.05) is 0 Å². The van der Waals surface area contributed by atoms with E-state index in [0.29, 0.717) is 23.2 Å². The number of fused-ring (bicyclic) bond motifs is 1. The lowest BCUT2D eigenvalue weighted by Crippen LogP contribution is -2.66. The predicted octanol–water partition coefficient (Wildman–Crippen LogP) is 4.27. The fourth-order valence-electron chi connectivity index (χ4n) is 9.25. The molecule has 0 aromatic carbocycles. The summed E-state index contributed by atoms with van der Waals surface area (Å²) in [4.78, 5) is 24.3. The van der Waals surface area contributed by atoms with Crippen LogP contribution in [0.5, 0.6) is 0 Å². The molecule has 9 atom stereocenters. The van der Waals surface area contributed by atoms with E-state index in [2.05, 4.69) is 13.8 Å². The number of hydrogen-bond donors (Lipinski definition) is 1. The second-order valence-corrected chi connectivity index (χ2v) is 10.9. The van der Waals surface area contributed by atoms with E-state index in [1.54, 1.807) is 6.92 Å². The Labute approximate surface area is 156 Å². The standard InChI is InChI=1S/C22H32O4/c1-12(23)26-17-16-14-11-22(17)13(10-20(14,16)3)6-7-15-19(2,18(24)25)8-5-9-21(15,22)4/h13-17H,5-11H2,1-4H3,(H,24,25)/t13-,14+,15-,16+,17-,19-,20+,21-,22-/m1/s1. The van der Waals surface area contributed by atoms with Crippen LogP contribution in [0.1, 0.15) is 72.6 Å². The monoisotopic (exact) mass is 360 g/mol. The molecular weight excluding hydrogens is 328 g/mol. The van der Waals surface area contributed by atoms with Crippen LogP contribution >= 0.6 is 0 Å². The smallest absolute Gasteiger partial charge is 0.309 e. The molecule has 0 aromatic rings. The number of carbonyl (C=O) groups is 2. The van der Waals surface area contributed by atoms with Gasteiger partial charge in [-0.15, -0.1) is 0 Å². The van der Waals surface area contributed by atoms with Crippen LogP contribution in [-0.2, 0) is 14.3 Å². The van der Waals surface area contributed by atoms with Crippen molar-refractivity contribution in [1.29, 1.82) is 0 Å². The summed E-state index contributed by atoms with van der Waals surface area (Å²) in [6, 6.07) is 0. The predicted molar refractivity (Wildman–Crippen MR) is 96.2 cm³/mol. The average molecular weight is 360 g/mol. The van der Waals surface area contributed by atoms with E-state index in [9.17, 15) is 14.7 Å². The van der Waals surface area contributed by atoms with E-state index in [-0.39, 0.29) is 28.8 Å². The second kappa shape index (κ2) is 4.67. The van der Waals surface area contributed by atoms with E-state index in [1.165, 1.54) is 6.42 Å². The third-order valence-corrected chi connectivity index (χ3v) is 10.3. The minimum absolute atomic E-state index is 0.00576. The lowest BCUT2D eigenvalue weighted by atomic mass is 9.36. The van der Waals surface area contributed by atoms with E-state index in [1.807, 2.05) is 6.92 Å². The molecule has 4 heteroatoms. The van der Waals surface area contributed by atoms with Crippen LogP contribution in [0.4, 0.5) is 0 Å². The molecule has 6 aliphatic rings. The highest BCUT2D eigenvalue weighted by molar-refractivity contribution is 5.75. The summed E-state index contributed by atoms with van der Waals surface area (Å²) in [5, 5.41) is 10.1. The van der Waals surface area contributed by atoms with Gasteiger partial charge in [0.1, 0.15) is 6.10 Å². The van der Waals surface area contributed by atoms with Crippen molar-refractivity contribution in [3.05, 3.63) is 0 Å². The minimum atomic E-state index is -0.638. The van der Waals surface area contributed by atoms with Crippen molar-refractivity contribution in [2.24, 2.45) is 45.3 Å². The van der Waals surface area contributed by atoms with Gasteiger partial charge in [0.25, 0.3) is 0 Å². The van der Waals surface area contributed by atoms with Gasteiger partial charge < -0.3 is 9.84 Å². The van der Waals surface area contributed by atoms with Crippen LogP contribution < -0.4 is 0 Å². The summed E-state index contributed by atoms with van der Waals surface area (Å²) in [6.07, 6.45) is 7.39. The van der Waals surface area contributed by atoms with Crippen LogP contribution in [0.3, 0.4) is 0 Å². The Morgan fingerprint density at radius 3 is 2.46 bits per heavy atom. The number of aliphatic carboxylic acids is 1. The molecule has 0 aliphatic heterocycles. The van der Waals surface area contributed by atoms with Crippen LogP contribution in [0.2, 0.25) is 0 Å². The molecule has 0 amide bonds. The highest BCUT2D eigenvalue weighted by Gasteiger charge is 2.85. The number of carboxylic acids is 1. The number of esters is 1. The Morgan fingerprint density at radius 2 is 1.81 bits per heavy atom. The zero-order valence-corrected chi connectivity index (χ0v) is 16.5. The lowest BCUT2D eigenvalue weighted by molar-refractivity contribution is -0.242. The fraction of sp³-hybridized carbons (Fsp3) is 0.909. The highest BCUT2D eigenvalue weighted by Crippen LogP contribution is 2.87. The van der Waals surface area contributed by atoms with Crippen LogP contribution in [0.15, 0.2) is 0 Å². The molecule has 26 heavy (non-hydrogen) atoms. The molecule has 6 aliphatic carbocycles. The molecule has 0 unspecified atom stereocenters. The fourth-order valence-corrected chi connectivity index (χ4v) is 9.25. The maximum atomic E-state index is 12.3. The van der Waals surface area contributed by atoms with Crippen molar-refractivity contribution in [1.82, 2.24) is 0 Å². The molecule has 1 N–H and O–H groups in total. The quantitative estimate of drug-likeness (QED) is 0.747. The van der Waals surface area contributed by atoms with E-state index in [4.69, 9.17) is 4.74 Å². The highest BCUT2D eigenvalue weighted by atomic mass is 16.5. The molecule has 4 nitrogen and oxygen atoms in total. The molecule has 1 spiro atoms. The van der Waals surface area contributed by atoms with Gasteiger partial charge in [-0.1, -0.05) is 20.3 Å². The van der Waals surface area contributed by atoms with Crippen molar-refractivity contribution in [2.45, 2.75) is 78.7 Å². The number of carboxylic acid groups (broad SMARTS) is 1. The molecule has 4 bridgehead atoms. The molecule has 6 rings (SSSR count). The first-order valence-electron chi connectivity index (χ1n) is 10.5. The second-order valence-electron chi connectivity index (χ2n) is 10.9. The molecule has 6 saturated carbocycles. The van der Waals surface area contributed by atoms with Gasteiger partial charge in [0, 0.05) is 18.3 Å². The maximum absolute atomic E-state index is 12.3. The topological polar surface area (TPSA) is 63.6 Å². The first-order valence-corrected chi connectivity index (χ1v) is 10.5. The van der Waals surface area contributed by atoms with Gasteiger partial charge in [0.15, 0.2) is 0 Å². The van der Waals surface area contributed by atoms with Crippen molar-refractivity contribution in [3.8, 4) is 0 Å². The van der Waals surface area contributed by atoms with Gasteiger partial charge in [-0.3, -0.25) is 9.59 Å². The molecule has 0 saturated heterocycles. The zero-order chi connectivity index (χ0) is 18.7. The lowest BCUT2D eigenvalue weighted by Gasteiger charge is -2.68. The summed E-state index contributed by atoms with van der Waals surface area (Å²) in [7, 11) is 0. The maximum Gasteiger partial charge on any atom is 0.309 e. The van der Waals surface area contributed by atoms with Crippen LogP contribution in [0.25, 0.3) is 0 Å². The van der Waals surface area contributed by atoms with Gasteiger partial charge in [-0.25, -0.2) is 0 Å². The molecule has 6 fully saturated rings. The summed E-state index contributed by atoms with van der Waals surface area (Å²) >= 11 is 0. The Balaban J connectivity index is 1.64. The van der Waals surface area contributed by atoms with Gasteiger partial charge in [0.2, 0.25) is 0 Å². The Hall–Kier alpha value is -1.06. The van der Waals surface area contributed by atoms with Gasteiger partial charge in [-0.05, 0) is 74.0 Å². The Kier molecular flexibility index (Phi) is 3.07. The van der Waals surface area contributed by atoms with Crippen molar-refractivity contribution < 1.29 is 19.4 Å². The third-order valence-electron chi connectivity index (χ3n) is 10.3. The van der Waals surface area contributed by atoms with Crippen LogP contribution in [-0.4, -0.2) is 23.1 Å². The number of rotatable bonds is 2. The Bertz CT molecular complexity index is 702. The van der Waals surface area contributed by atoms with Gasteiger partial charge in [-0.2, -0.15) is 0 Å². The van der Waals surface area contributed by atoms with Crippen molar-refractivity contribution in [3.63, 3.8) is 0 Å². The molecule has 0 radical (unpaired) electrons. The van der Waals surface area contributed by atoms with Crippen LogP contribution in [0, 0.1) is 45.3 Å². The SMILES string of the molecule is CC(=O)O[C@@H]1[C@@H]2[C@@H]3C[C@@]14[C@H](CC[C@@H]1[C@](C)(C(=O)O)CCC[C@]14C)C[C@]23C. The number of ether oxygens (including phenoxy) is 1. The first kappa shape index (κ1) is 17.1. The number of hydrogen-bond acceptors (Lipinski definition) is 3. The van der Waals surface area contributed by atoms with E-state index in [0.717, 1.165) is 38.5 Å². The minimum Gasteiger partial charge on any atom is -0.481 e. The van der Waals surface area contributed by atoms with E-state index >= 15 is 0 Å². The summed E-state index contributed by atoms with van der Waals surface area (Å²) in [5.41, 5.74) is -0.302. The van der Waals surface area contributed by atoms with Gasteiger partial charge >= 0.3 is 11.9 Å². The van der Waals surface area contributed by atoms with Crippen molar-refractivity contribution >= 4 is 11.9 Å². The average Bonchev–Trinajstić information content (AvgIpc) is 2.98. The first-order chi connectivity index (χ1) is 12.1. The molecule has 0 heterocycles. The zero-order valence-electron chi connectivity index (χ0n) is 16.5. The molecule has 0 aromatic heterocycles. The Morgan fingerprint density at radius 1 is 1.08 bits per heavy atom. The van der Waals surface area contributed by atoms with Gasteiger partial charge in [0.05, 0.1) is 5.41 Å². The summed E-state index contributed by atoms with van der Waals surface area (Å²) in [6.45, 7) is 8.30. The number of carbonyl (C=O) groups excluding carboxylic acids is 1. The summed E-state index contributed by atoms with van der Waals surface area (Å²) < 4.78 is 6.08.